The molecule has 5 heteroatoms. The van der Waals surface area contributed by atoms with E-state index < -0.39 is 16.4 Å². The van der Waals surface area contributed by atoms with Crippen molar-refractivity contribution >= 4 is 33.5 Å². The highest BCUT2D eigenvalue weighted by Gasteiger charge is 2.75. The second kappa shape index (κ2) is 4.32. The van der Waals surface area contributed by atoms with Gasteiger partial charge in [0, 0.05) is 9.89 Å². The number of esters is 1. The Kier molecular flexibility index (Phi) is 3.00. The molecular formula is C16H18BrNO3. The summed E-state index contributed by atoms with van der Waals surface area (Å²) in [6, 6.07) is 7.40. The minimum absolute atomic E-state index is 0.242. The Morgan fingerprint density at radius 1 is 1.24 bits per heavy atom. The zero-order valence-corrected chi connectivity index (χ0v) is 13.9. The number of carbonyl (C=O) groups excluding carboxylic acids is 2. The van der Waals surface area contributed by atoms with Gasteiger partial charge >= 0.3 is 5.97 Å². The molecule has 1 aromatic carbocycles. The summed E-state index contributed by atoms with van der Waals surface area (Å²) in [5.41, 5.74) is -1.50. The van der Waals surface area contributed by atoms with Crippen molar-refractivity contribution in [2.45, 2.75) is 39.2 Å². The van der Waals surface area contributed by atoms with Crippen LogP contribution in [0.2, 0.25) is 0 Å². The quantitative estimate of drug-likeness (QED) is 0.829. The first-order chi connectivity index (χ1) is 9.74. The summed E-state index contributed by atoms with van der Waals surface area (Å²) in [4.78, 5) is 25.0. The number of anilines is 1. The number of fused-ring (bicyclic) bond motifs is 2. The van der Waals surface area contributed by atoms with Crippen molar-refractivity contribution in [2.75, 3.05) is 5.32 Å². The van der Waals surface area contributed by atoms with Gasteiger partial charge in [0.15, 0.2) is 5.60 Å². The summed E-state index contributed by atoms with van der Waals surface area (Å²) < 4.78 is 6.38. The largest absolute Gasteiger partial charge is 0.448 e. The predicted molar refractivity (Wildman–Crippen MR) is 82.7 cm³/mol. The lowest BCUT2D eigenvalue weighted by atomic mass is 9.66. The van der Waals surface area contributed by atoms with Gasteiger partial charge in [-0.15, -0.1) is 0 Å². The number of amides is 1. The highest BCUT2D eigenvalue weighted by atomic mass is 79.9. The smallest absolute Gasteiger partial charge is 0.313 e. The molecule has 2 atom stereocenters. The Balaban J connectivity index is 1.96. The number of rotatable bonds is 2. The molecule has 112 valence electrons. The van der Waals surface area contributed by atoms with E-state index in [4.69, 9.17) is 4.74 Å². The van der Waals surface area contributed by atoms with Gasteiger partial charge in [0.1, 0.15) is 0 Å². The summed E-state index contributed by atoms with van der Waals surface area (Å²) in [6.07, 6.45) is 1.25. The molecule has 0 radical (unpaired) electrons. The van der Waals surface area contributed by atoms with Crippen LogP contribution in [-0.4, -0.2) is 17.5 Å². The first kappa shape index (κ1) is 14.6. The fraction of sp³-hybridized carbons (Fsp3) is 0.500. The monoisotopic (exact) mass is 351 g/mol. The van der Waals surface area contributed by atoms with Crippen LogP contribution < -0.4 is 5.32 Å². The van der Waals surface area contributed by atoms with Crippen LogP contribution in [0.5, 0.6) is 0 Å². The van der Waals surface area contributed by atoms with Crippen molar-refractivity contribution in [1.29, 1.82) is 0 Å². The number of nitrogens with one attached hydrogen (secondary N) is 1. The van der Waals surface area contributed by atoms with Gasteiger partial charge in [-0.2, -0.15) is 0 Å². The minimum Gasteiger partial charge on any atom is -0.448 e. The SMILES string of the molecule is CC1(C)[C@@]2(C(=O)Nc3ccccc3Br)CC[C@]1(C)C(=O)O2. The van der Waals surface area contributed by atoms with Gasteiger partial charge in [0.2, 0.25) is 0 Å². The van der Waals surface area contributed by atoms with Gasteiger partial charge in [-0.1, -0.05) is 26.0 Å². The molecule has 2 fully saturated rings. The van der Waals surface area contributed by atoms with Crippen molar-refractivity contribution in [1.82, 2.24) is 0 Å². The third-order valence-corrected chi connectivity index (χ3v) is 6.26. The molecule has 1 aliphatic heterocycles. The molecule has 2 aliphatic rings. The number of hydrogen-bond donors (Lipinski definition) is 1. The molecule has 3 rings (SSSR count). The molecular weight excluding hydrogens is 334 g/mol. The van der Waals surface area contributed by atoms with Gasteiger partial charge in [-0.05, 0) is 47.8 Å². The van der Waals surface area contributed by atoms with Gasteiger partial charge in [-0.25, -0.2) is 0 Å². The summed E-state index contributed by atoms with van der Waals surface area (Å²) in [5, 5.41) is 2.90. The van der Waals surface area contributed by atoms with E-state index in [-0.39, 0.29) is 11.9 Å². The van der Waals surface area contributed by atoms with Crippen LogP contribution in [0.1, 0.15) is 33.6 Å². The van der Waals surface area contributed by atoms with Crippen LogP contribution in [-0.2, 0) is 14.3 Å². The van der Waals surface area contributed by atoms with E-state index in [2.05, 4.69) is 21.2 Å². The lowest BCUT2D eigenvalue weighted by Crippen LogP contribution is -2.50. The third kappa shape index (κ3) is 1.67. The topological polar surface area (TPSA) is 55.4 Å². The number of halogens is 1. The van der Waals surface area contributed by atoms with E-state index >= 15 is 0 Å². The van der Waals surface area contributed by atoms with Crippen LogP contribution in [0.4, 0.5) is 5.69 Å². The normalized spacial score (nSPS) is 32.9. The van der Waals surface area contributed by atoms with Gasteiger partial charge < -0.3 is 10.1 Å². The molecule has 0 unspecified atom stereocenters. The van der Waals surface area contributed by atoms with Gasteiger partial charge in [0.05, 0.1) is 11.1 Å². The molecule has 1 amide bonds. The molecule has 1 aromatic rings. The van der Waals surface area contributed by atoms with Crippen molar-refractivity contribution in [3.05, 3.63) is 28.7 Å². The number of ether oxygens (including phenoxy) is 1. The van der Waals surface area contributed by atoms with Gasteiger partial charge in [0.25, 0.3) is 5.91 Å². The van der Waals surface area contributed by atoms with E-state index in [1.165, 1.54) is 0 Å². The Hall–Kier alpha value is -1.36. The van der Waals surface area contributed by atoms with Crippen LogP contribution in [0.15, 0.2) is 28.7 Å². The first-order valence-corrected chi connectivity index (χ1v) is 7.83. The van der Waals surface area contributed by atoms with E-state index in [0.717, 1.165) is 4.47 Å². The fourth-order valence-corrected chi connectivity index (χ4v) is 3.92. The van der Waals surface area contributed by atoms with E-state index in [1.807, 2.05) is 45.0 Å². The van der Waals surface area contributed by atoms with Gasteiger partial charge in [-0.3, -0.25) is 9.59 Å². The Bertz CT molecular complexity index is 642. The summed E-state index contributed by atoms with van der Waals surface area (Å²) in [5.74, 6) is -0.505. The molecule has 2 bridgehead atoms. The Labute approximate surface area is 132 Å². The van der Waals surface area contributed by atoms with E-state index in [1.54, 1.807) is 0 Å². The maximum absolute atomic E-state index is 12.8. The predicted octanol–water partition coefficient (Wildman–Crippen LogP) is 3.51. The molecule has 1 saturated carbocycles. The standard InChI is InChI=1S/C16H18BrNO3/c1-14(2)15(3)8-9-16(14,21-13(15)20)12(19)18-11-7-5-4-6-10(11)17/h4-7H,8-9H2,1-3H3,(H,18,19)/t15-,16+/m1/s1. The lowest BCUT2D eigenvalue weighted by Gasteiger charge is -2.35. The summed E-state index contributed by atoms with van der Waals surface area (Å²) in [7, 11) is 0. The van der Waals surface area contributed by atoms with Crippen LogP contribution >= 0.6 is 15.9 Å². The lowest BCUT2D eigenvalue weighted by molar-refractivity contribution is -0.165. The number of hydrogen-bond acceptors (Lipinski definition) is 3. The number of carbonyl (C=O) groups is 2. The van der Waals surface area contributed by atoms with Crippen molar-refractivity contribution in [3.8, 4) is 0 Å². The fourth-order valence-electron chi connectivity index (χ4n) is 3.53. The average Bonchev–Trinajstić information content (AvgIpc) is 2.72. The molecule has 0 spiro atoms. The second-order valence-corrected chi connectivity index (χ2v) is 7.46. The van der Waals surface area contributed by atoms with Crippen molar-refractivity contribution < 1.29 is 14.3 Å². The zero-order valence-electron chi connectivity index (χ0n) is 12.3. The molecule has 4 nitrogen and oxygen atoms in total. The highest BCUT2D eigenvalue weighted by molar-refractivity contribution is 9.10. The summed E-state index contributed by atoms with van der Waals surface area (Å²) in [6.45, 7) is 5.80. The number of para-hydroxylation sites is 1. The maximum Gasteiger partial charge on any atom is 0.313 e. The van der Waals surface area contributed by atoms with Crippen molar-refractivity contribution in [3.63, 3.8) is 0 Å². The molecule has 0 aromatic heterocycles. The Morgan fingerprint density at radius 3 is 2.43 bits per heavy atom. The second-order valence-electron chi connectivity index (χ2n) is 6.61. The Morgan fingerprint density at radius 2 is 1.90 bits per heavy atom. The van der Waals surface area contributed by atoms with Crippen LogP contribution in [0.3, 0.4) is 0 Å². The number of benzene rings is 1. The third-order valence-electron chi connectivity index (χ3n) is 5.57. The molecule has 21 heavy (non-hydrogen) atoms. The average molecular weight is 352 g/mol. The van der Waals surface area contributed by atoms with Crippen LogP contribution in [0.25, 0.3) is 0 Å². The molecule has 1 aliphatic carbocycles. The van der Waals surface area contributed by atoms with Crippen molar-refractivity contribution in [2.24, 2.45) is 10.8 Å². The van der Waals surface area contributed by atoms with E-state index in [0.29, 0.717) is 18.5 Å². The first-order valence-electron chi connectivity index (χ1n) is 7.04. The highest BCUT2D eigenvalue weighted by Crippen LogP contribution is 2.65. The van der Waals surface area contributed by atoms with E-state index in [9.17, 15) is 9.59 Å². The minimum atomic E-state index is -1.08. The molecule has 1 saturated heterocycles. The maximum atomic E-state index is 12.8. The molecule has 1 heterocycles. The van der Waals surface area contributed by atoms with Crippen LogP contribution in [0, 0.1) is 10.8 Å². The molecule has 1 N–H and O–H groups in total. The summed E-state index contributed by atoms with van der Waals surface area (Å²) >= 11 is 3.41. The zero-order chi connectivity index (χ0) is 15.5.